The van der Waals surface area contributed by atoms with E-state index in [1.165, 1.54) is 18.6 Å². The van der Waals surface area contributed by atoms with Crippen LogP contribution in [0.3, 0.4) is 0 Å². The van der Waals surface area contributed by atoms with Crippen molar-refractivity contribution in [2.45, 2.75) is 26.3 Å². The Hall–Kier alpha value is -0.900. The smallest absolute Gasteiger partial charge is 0.246 e. The van der Waals surface area contributed by atoms with Gasteiger partial charge in [-0.2, -0.15) is 0 Å². The van der Waals surface area contributed by atoms with E-state index in [2.05, 4.69) is 18.7 Å². The summed E-state index contributed by atoms with van der Waals surface area (Å²) in [6.07, 6.45) is 3.81. The summed E-state index contributed by atoms with van der Waals surface area (Å²) in [5.74, 6) is -0.0451. The molecule has 1 amide bonds. The van der Waals surface area contributed by atoms with Gasteiger partial charge in [0, 0.05) is 37.2 Å². The molecule has 3 nitrogen and oxygen atoms in total. The van der Waals surface area contributed by atoms with Gasteiger partial charge in [-0.15, -0.1) is 0 Å². The molecule has 2 aliphatic heterocycles. The first-order valence-electron chi connectivity index (χ1n) is 6.32. The van der Waals surface area contributed by atoms with E-state index in [0.29, 0.717) is 11.5 Å². The summed E-state index contributed by atoms with van der Waals surface area (Å²) in [7, 11) is 0. The quantitative estimate of drug-likeness (QED) is 0.697. The van der Waals surface area contributed by atoms with Gasteiger partial charge in [0.05, 0.1) is 0 Å². The summed E-state index contributed by atoms with van der Waals surface area (Å²) >= 11 is 0. The van der Waals surface area contributed by atoms with Crippen molar-refractivity contribution >= 4 is 5.91 Å². The van der Waals surface area contributed by atoms with Gasteiger partial charge in [0.2, 0.25) is 5.91 Å². The molecule has 2 rings (SSSR count). The zero-order chi connectivity index (χ0) is 12.5. The summed E-state index contributed by atoms with van der Waals surface area (Å²) in [4.78, 5) is 15.9. The number of carbonyl (C=O) groups is 1. The molecule has 0 N–H and O–H groups in total. The average molecular weight is 240 g/mol. The van der Waals surface area contributed by atoms with Crippen molar-refractivity contribution < 1.29 is 9.18 Å². The van der Waals surface area contributed by atoms with Crippen molar-refractivity contribution in [1.29, 1.82) is 0 Å². The number of alkyl halides is 1. The Labute approximate surface area is 102 Å². The van der Waals surface area contributed by atoms with Crippen molar-refractivity contribution in [2.75, 3.05) is 32.9 Å². The predicted molar refractivity (Wildman–Crippen MR) is 65.5 cm³/mol. The van der Waals surface area contributed by atoms with Crippen LogP contribution < -0.4 is 0 Å². The predicted octanol–water partition coefficient (Wildman–Crippen LogP) is 1.45. The molecule has 0 saturated carbocycles. The fourth-order valence-electron chi connectivity index (χ4n) is 2.84. The molecule has 0 unspecified atom stereocenters. The maximum absolute atomic E-state index is 11.9. The highest BCUT2D eigenvalue weighted by molar-refractivity contribution is 5.88. The van der Waals surface area contributed by atoms with E-state index >= 15 is 0 Å². The number of amides is 1. The van der Waals surface area contributed by atoms with Crippen LogP contribution in [0.2, 0.25) is 0 Å². The van der Waals surface area contributed by atoms with Gasteiger partial charge in [-0.1, -0.05) is 0 Å². The van der Waals surface area contributed by atoms with Crippen LogP contribution in [-0.4, -0.2) is 54.6 Å². The van der Waals surface area contributed by atoms with Gasteiger partial charge in [-0.25, -0.2) is 4.39 Å². The van der Waals surface area contributed by atoms with Gasteiger partial charge in [0.25, 0.3) is 0 Å². The molecule has 96 valence electrons. The SMILES string of the molecule is CC(C)N1CCC2(CN(C(=O)/C=C/CF)C2)C1. The number of hydrogen-bond donors (Lipinski definition) is 0. The number of halogens is 1. The second kappa shape index (κ2) is 4.77. The highest BCUT2D eigenvalue weighted by Crippen LogP contribution is 2.40. The largest absolute Gasteiger partial charge is 0.338 e. The summed E-state index contributed by atoms with van der Waals surface area (Å²) in [6.45, 7) is 7.78. The van der Waals surface area contributed by atoms with Gasteiger partial charge in [-0.3, -0.25) is 4.79 Å². The fourth-order valence-corrected chi connectivity index (χ4v) is 2.84. The number of likely N-dealkylation sites (tertiary alicyclic amines) is 2. The Morgan fingerprint density at radius 2 is 2.12 bits per heavy atom. The van der Waals surface area contributed by atoms with Crippen LogP contribution in [0.1, 0.15) is 20.3 Å². The number of nitrogens with zero attached hydrogens (tertiary/aromatic N) is 2. The third-order valence-electron chi connectivity index (χ3n) is 3.91. The normalized spacial score (nSPS) is 23.9. The van der Waals surface area contributed by atoms with Gasteiger partial charge in [0.1, 0.15) is 6.67 Å². The molecule has 0 atom stereocenters. The standard InChI is InChI=1S/C13H21FN2O/c1-11(2)15-7-5-13(8-15)9-16(10-13)12(17)4-3-6-14/h3-4,11H,5-10H2,1-2H3/b4-3+. The Balaban J connectivity index is 1.83. The summed E-state index contributed by atoms with van der Waals surface area (Å²) in [5.41, 5.74) is 0.323. The van der Waals surface area contributed by atoms with E-state index in [0.717, 1.165) is 26.2 Å². The maximum Gasteiger partial charge on any atom is 0.246 e. The van der Waals surface area contributed by atoms with Crippen molar-refractivity contribution in [2.24, 2.45) is 5.41 Å². The van der Waals surface area contributed by atoms with Crippen LogP contribution in [0.5, 0.6) is 0 Å². The minimum Gasteiger partial charge on any atom is -0.338 e. The molecule has 0 aromatic heterocycles. The fraction of sp³-hybridized carbons (Fsp3) is 0.769. The first kappa shape index (κ1) is 12.6. The monoisotopic (exact) mass is 240 g/mol. The number of hydrogen-bond acceptors (Lipinski definition) is 2. The molecule has 2 aliphatic rings. The maximum atomic E-state index is 11.9. The molecular formula is C13H21FN2O. The zero-order valence-corrected chi connectivity index (χ0v) is 10.7. The molecule has 17 heavy (non-hydrogen) atoms. The summed E-state index contributed by atoms with van der Waals surface area (Å²) in [6, 6.07) is 0.588. The lowest BCUT2D eigenvalue weighted by Gasteiger charge is -2.48. The van der Waals surface area contributed by atoms with E-state index in [9.17, 15) is 9.18 Å². The highest BCUT2D eigenvalue weighted by Gasteiger charge is 2.48. The molecule has 0 aliphatic carbocycles. The van der Waals surface area contributed by atoms with Gasteiger partial charge in [-0.05, 0) is 32.9 Å². The average Bonchev–Trinajstić information content (AvgIpc) is 2.68. The third-order valence-corrected chi connectivity index (χ3v) is 3.91. The second-order valence-electron chi connectivity index (χ2n) is 5.57. The van der Waals surface area contributed by atoms with Crippen molar-refractivity contribution in [3.05, 3.63) is 12.2 Å². The summed E-state index contributed by atoms with van der Waals surface area (Å²) in [5, 5.41) is 0. The highest BCUT2D eigenvalue weighted by atomic mass is 19.1. The Morgan fingerprint density at radius 3 is 2.65 bits per heavy atom. The number of allylic oxidation sites excluding steroid dienone is 1. The molecule has 0 bridgehead atoms. The molecule has 2 fully saturated rings. The van der Waals surface area contributed by atoms with Crippen LogP contribution >= 0.6 is 0 Å². The second-order valence-corrected chi connectivity index (χ2v) is 5.57. The van der Waals surface area contributed by atoms with E-state index in [4.69, 9.17) is 0 Å². The first-order valence-corrected chi connectivity index (χ1v) is 6.32. The molecular weight excluding hydrogens is 219 g/mol. The van der Waals surface area contributed by atoms with E-state index in [-0.39, 0.29) is 5.91 Å². The van der Waals surface area contributed by atoms with Crippen molar-refractivity contribution in [3.8, 4) is 0 Å². The van der Waals surface area contributed by atoms with Crippen LogP contribution in [0.15, 0.2) is 12.2 Å². The molecule has 0 aromatic rings. The molecule has 2 saturated heterocycles. The number of rotatable bonds is 3. The van der Waals surface area contributed by atoms with Gasteiger partial charge >= 0.3 is 0 Å². The minimum absolute atomic E-state index is 0.0451. The Kier molecular flexibility index (Phi) is 3.52. The Morgan fingerprint density at radius 1 is 1.41 bits per heavy atom. The van der Waals surface area contributed by atoms with E-state index in [1.807, 2.05) is 4.90 Å². The molecule has 2 heterocycles. The molecule has 1 spiro atoms. The zero-order valence-electron chi connectivity index (χ0n) is 10.7. The van der Waals surface area contributed by atoms with Crippen LogP contribution in [-0.2, 0) is 4.79 Å². The minimum atomic E-state index is -0.564. The topological polar surface area (TPSA) is 23.6 Å². The van der Waals surface area contributed by atoms with Crippen LogP contribution in [0.4, 0.5) is 4.39 Å². The molecule has 0 aromatic carbocycles. The van der Waals surface area contributed by atoms with E-state index in [1.54, 1.807) is 0 Å². The number of carbonyl (C=O) groups excluding carboxylic acids is 1. The molecule has 0 radical (unpaired) electrons. The summed E-state index contributed by atoms with van der Waals surface area (Å²) < 4.78 is 11.9. The lowest BCUT2D eigenvalue weighted by Crippen LogP contribution is -2.59. The lowest BCUT2D eigenvalue weighted by atomic mass is 9.79. The lowest BCUT2D eigenvalue weighted by molar-refractivity contribution is -0.137. The van der Waals surface area contributed by atoms with Crippen LogP contribution in [0.25, 0.3) is 0 Å². The van der Waals surface area contributed by atoms with Crippen molar-refractivity contribution in [1.82, 2.24) is 9.80 Å². The van der Waals surface area contributed by atoms with Gasteiger partial charge in [0.15, 0.2) is 0 Å². The first-order chi connectivity index (χ1) is 8.06. The van der Waals surface area contributed by atoms with E-state index < -0.39 is 6.67 Å². The Bertz CT molecular complexity index is 321. The van der Waals surface area contributed by atoms with Crippen molar-refractivity contribution in [3.63, 3.8) is 0 Å². The molecule has 4 heteroatoms. The third kappa shape index (κ3) is 2.51. The van der Waals surface area contributed by atoms with Gasteiger partial charge < -0.3 is 9.80 Å². The van der Waals surface area contributed by atoms with Crippen LogP contribution in [0, 0.1) is 5.41 Å².